The van der Waals surface area contributed by atoms with E-state index in [2.05, 4.69) is 11.0 Å². The van der Waals surface area contributed by atoms with Gasteiger partial charge in [-0.15, -0.1) is 0 Å². The molecule has 2 aliphatic rings. The van der Waals surface area contributed by atoms with Gasteiger partial charge in [0.1, 0.15) is 5.82 Å². The van der Waals surface area contributed by atoms with Crippen LogP contribution in [-0.2, 0) is 5.41 Å². The molecular weight excluding hydrogens is 227 g/mol. The number of benzene rings is 1. The molecule has 0 bridgehead atoms. The molecule has 2 N–H and O–H groups in total. The van der Waals surface area contributed by atoms with Crippen LogP contribution in [0.3, 0.4) is 0 Å². The Balaban J connectivity index is 1.88. The smallest absolute Gasteiger partial charge is 0.146 e. The van der Waals surface area contributed by atoms with E-state index in [9.17, 15) is 4.39 Å². The maximum atomic E-state index is 14.2. The van der Waals surface area contributed by atoms with Gasteiger partial charge in [0.15, 0.2) is 0 Å². The first kappa shape index (κ1) is 12.0. The Kier molecular flexibility index (Phi) is 3.02. The fourth-order valence-corrected chi connectivity index (χ4v) is 3.27. The van der Waals surface area contributed by atoms with E-state index in [1.165, 1.54) is 19.3 Å². The highest BCUT2D eigenvalue weighted by atomic mass is 19.1. The first-order valence-corrected chi connectivity index (χ1v) is 7.00. The van der Waals surface area contributed by atoms with Crippen LogP contribution >= 0.6 is 0 Å². The summed E-state index contributed by atoms with van der Waals surface area (Å²) < 4.78 is 14.2. The van der Waals surface area contributed by atoms with Crippen molar-refractivity contribution in [3.05, 3.63) is 29.6 Å². The van der Waals surface area contributed by atoms with Crippen LogP contribution in [0.4, 0.5) is 10.1 Å². The van der Waals surface area contributed by atoms with Crippen LogP contribution in [0, 0.1) is 5.82 Å². The molecule has 1 aromatic rings. The Morgan fingerprint density at radius 3 is 2.39 bits per heavy atom. The molecule has 1 saturated heterocycles. The van der Waals surface area contributed by atoms with Crippen molar-refractivity contribution in [1.82, 2.24) is 0 Å². The molecule has 2 fully saturated rings. The van der Waals surface area contributed by atoms with Gasteiger partial charge in [-0.25, -0.2) is 4.39 Å². The van der Waals surface area contributed by atoms with E-state index in [-0.39, 0.29) is 11.2 Å². The molecule has 0 unspecified atom stereocenters. The number of halogens is 1. The lowest BCUT2D eigenvalue weighted by Gasteiger charge is -2.41. The monoisotopic (exact) mass is 248 g/mol. The molecule has 1 aliphatic carbocycles. The van der Waals surface area contributed by atoms with Crippen LogP contribution < -0.4 is 10.6 Å². The minimum Gasteiger partial charge on any atom is -0.369 e. The van der Waals surface area contributed by atoms with Crippen LogP contribution in [0.2, 0.25) is 0 Å². The predicted molar refractivity (Wildman–Crippen MR) is 72.4 cm³/mol. The lowest BCUT2D eigenvalue weighted by molar-refractivity contribution is 0.252. The number of anilines is 1. The van der Waals surface area contributed by atoms with Crippen molar-refractivity contribution in [3.63, 3.8) is 0 Å². The molecule has 3 heteroatoms. The minimum atomic E-state index is -0.0749. The van der Waals surface area contributed by atoms with E-state index < -0.39 is 0 Å². The Labute approximate surface area is 108 Å². The maximum absolute atomic E-state index is 14.2. The Bertz CT molecular complexity index is 429. The zero-order valence-corrected chi connectivity index (χ0v) is 10.8. The molecule has 0 aromatic heterocycles. The molecule has 0 spiro atoms. The maximum Gasteiger partial charge on any atom is 0.146 e. The number of nitrogens with two attached hydrogens (primary N) is 1. The molecule has 0 atom stereocenters. The minimum absolute atomic E-state index is 0.0599. The highest BCUT2D eigenvalue weighted by molar-refractivity contribution is 5.51. The molecule has 0 amide bonds. The Morgan fingerprint density at radius 1 is 1.17 bits per heavy atom. The Morgan fingerprint density at radius 2 is 1.89 bits per heavy atom. The third kappa shape index (κ3) is 1.81. The third-order valence-electron chi connectivity index (χ3n) is 4.71. The summed E-state index contributed by atoms with van der Waals surface area (Å²) in [5, 5.41) is 0. The van der Waals surface area contributed by atoms with Gasteiger partial charge in [-0.1, -0.05) is 12.5 Å². The lowest BCUT2D eigenvalue weighted by atomic mass is 9.64. The average molecular weight is 248 g/mol. The lowest BCUT2D eigenvalue weighted by Crippen LogP contribution is -2.41. The van der Waals surface area contributed by atoms with Crippen molar-refractivity contribution in [2.24, 2.45) is 5.73 Å². The highest BCUT2D eigenvalue weighted by Gasteiger charge is 2.37. The van der Waals surface area contributed by atoms with Gasteiger partial charge in [-0.3, -0.25) is 0 Å². The van der Waals surface area contributed by atoms with Gasteiger partial charge >= 0.3 is 0 Å². The van der Waals surface area contributed by atoms with E-state index in [4.69, 9.17) is 5.73 Å². The van der Waals surface area contributed by atoms with E-state index in [1.807, 2.05) is 6.07 Å². The third-order valence-corrected chi connectivity index (χ3v) is 4.71. The zero-order chi connectivity index (χ0) is 12.6. The quantitative estimate of drug-likeness (QED) is 0.891. The van der Waals surface area contributed by atoms with Gasteiger partial charge in [0.2, 0.25) is 0 Å². The summed E-state index contributed by atoms with van der Waals surface area (Å²) in [5.41, 5.74) is 7.80. The predicted octanol–water partition coefficient (Wildman–Crippen LogP) is 2.81. The van der Waals surface area contributed by atoms with Crippen molar-refractivity contribution in [1.29, 1.82) is 0 Å². The number of rotatable bonds is 3. The molecule has 1 aromatic carbocycles. The summed E-state index contributed by atoms with van der Waals surface area (Å²) in [6.07, 6.45) is 5.77. The van der Waals surface area contributed by atoms with E-state index >= 15 is 0 Å². The van der Waals surface area contributed by atoms with Crippen molar-refractivity contribution in [2.75, 3.05) is 24.5 Å². The standard InChI is InChI=1S/C15H21FN2/c16-13-10-12(15(11-17)6-3-7-15)4-5-14(13)18-8-1-2-9-18/h4-5,10H,1-3,6-9,11,17H2. The molecule has 1 heterocycles. The SMILES string of the molecule is NCC1(c2ccc(N3CCCC3)c(F)c2)CCC1. The first-order chi connectivity index (χ1) is 8.75. The normalized spacial score (nSPS) is 22.0. The second-order valence-electron chi connectivity index (χ2n) is 5.70. The number of hydrogen-bond acceptors (Lipinski definition) is 2. The van der Waals surface area contributed by atoms with Gasteiger partial charge in [-0.2, -0.15) is 0 Å². The van der Waals surface area contributed by atoms with Crippen molar-refractivity contribution in [3.8, 4) is 0 Å². The number of hydrogen-bond donors (Lipinski definition) is 1. The zero-order valence-electron chi connectivity index (χ0n) is 10.8. The Hall–Kier alpha value is -1.09. The van der Waals surface area contributed by atoms with E-state index in [0.29, 0.717) is 6.54 Å². The van der Waals surface area contributed by atoms with Crippen LogP contribution in [0.15, 0.2) is 18.2 Å². The molecule has 0 radical (unpaired) electrons. The summed E-state index contributed by atoms with van der Waals surface area (Å²) in [5.74, 6) is -0.0749. The molecule has 98 valence electrons. The molecule has 2 nitrogen and oxygen atoms in total. The summed E-state index contributed by atoms with van der Waals surface area (Å²) in [6.45, 7) is 2.60. The topological polar surface area (TPSA) is 29.3 Å². The fraction of sp³-hybridized carbons (Fsp3) is 0.600. The van der Waals surface area contributed by atoms with Gasteiger partial charge in [0.05, 0.1) is 5.69 Å². The highest BCUT2D eigenvalue weighted by Crippen LogP contribution is 2.43. The van der Waals surface area contributed by atoms with Gasteiger partial charge in [0.25, 0.3) is 0 Å². The second kappa shape index (κ2) is 4.54. The van der Waals surface area contributed by atoms with Crippen molar-refractivity contribution in [2.45, 2.75) is 37.5 Å². The summed E-state index contributed by atoms with van der Waals surface area (Å²) >= 11 is 0. The van der Waals surface area contributed by atoms with Crippen molar-refractivity contribution < 1.29 is 4.39 Å². The van der Waals surface area contributed by atoms with E-state index in [1.54, 1.807) is 6.07 Å². The average Bonchev–Trinajstić information content (AvgIpc) is 2.82. The summed E-state index contributed by atoms with van der Waals surface area (Å²) in [4.78, 5) is 2.15. The van der Waals surface area contributed by atoms with E-state index in [0.717, 1.165) is 37.2 Å². The van der Waals surface area contributed by atoms with Crippen LogP contribution in [0.25, 0.3) is 0 Å². The summed E-state index contributed by atoms with van der Waals surface area (Å²) in [6, 6.07) is 5.76. The molecular formula is C15H21FN2. The second-order valence-corrected chi connectivity index (χ2v) is 5.70. The van der Waals surface area contributed by atoms with Crippen LogP contribution in [-0.4, -0.2) is 19.6 Å². The largest absolute Gasteiger partial charge is 0.369 e. The first-order valence-electron chi connectivity index (χ1n) is 7.00. The molecule has 1 aliphatic heterocycles. The molecule has 3 rings (SSSR count). The van der Waals surface area contributed by atoms with Gasteiger partial charge < -0.3 is 10.6 Å². The summed E-state index contributed by atoms with van der Waals surface area (Å²) in [7, 11) is 0. The van der Waals surface area contributed by atoms with Crippen LogP contribution in [0.5, 0.6) is 0 Å². The van der Waals surface area contributed by atoms with Crippen molar-refractivity contribution >= 4 is 5.69 Å². The number of nitrogens with zero attached hydrogens (tertiary/aromatic N) is 1. The molecule has 1 saturated carbocycles. The van der Waals surface area contributed by atoms with Gasteiger partial charge in [-0.05, 0) is 43.4 Å². The molecule has 18 heavy (non-hydrogen) atoms. The fourth-order valence-electron chi connectivity index (χ4n) is 3.27. The van der Waals surface area contributed by atoms with Crippen LogP contribution in [0.1, 0.15) is 37.7 Å². The van der Waals surface area contributed by atoms with Gasteiger partial charge in [0, 0.05) is 25.0 Å².